The molecule has 126 valence electrons. The van der Waals surface area contributed by atoms with Gasteiger partial charge in [-0.1, -0.05) is 117 Å². The summed E-state index contributed by atoms with van der Waals surface area (Å²) in [4.78, 5) is 0. The molecule has 0 N–H and O–H groups in total. The summed E-state index contributed by atoms with van der Waals surface area (Å²) in [6.45, 7) is 7.38. The van der Waals surface area contributed by atoms with Gasteiger partial charge in [0.1, 0.15) is 0 Å². The van der Waals surface area contributed by atoms with Crippen molar-refractivity contribution in [1.82, 2.24) is 0 Å². The molecule has 0 saturated heterocycles. The Kier molecular flexibility index (Phi) is 11.4. The summed E-state index contributed by atoms with van der Waals surface area (Å²) >= 11 is 0. The van der Waals surface area contributed by atoms with Gasteiger partial charge in [0.05, 0.1) is 0 Å². The SMILES string of the molecule is CCCCC1CCCC(C)CCCCCCCCCC1C. The molecule has 0 bridgehead atoms. The predicted octanol–water partition coefficient (Wildman–Crippen LogP) is 7.76. The molecule has 0 spiro atoms. The zero-order chi connectivity index (χ0) is 15.3. The highest BCUT2D eigenvalue weighted by Crippen LogP contribution is 2.30. The van der Waals surface area contributed by atoms with E-state index in [0.717, 1.165) is 17.8 Å². The first-order valence-corrected chi connectivity index (χ1v) is 10.2. The van der Waals surface area contributed by atoms with Crippen LogP contribution in [0.2, 0.25) is 0 Å². The molecule has 21 heavy (non-hydrogen) atoms. The molecule has 3 unspecified atom stereocenters. The highest BCUT2D eigenvalue weighted by atomic mass is 14.2. The van der Waals surface area contributed by atoms with Crippen LogP contribution >= 0.6 is 0 Å². The Morgan fingerprint density at radius 1 is 0.667 bits per heavy atom. The lowest BCUT2D eigenvalue weighted by atomic mass is 9.81. The summed E-state index contributed by atoms with van der Waals surface area (Å²) in [7, 11) is 0. The van der Waals surface area contributed by atoms with Gasteiger partial charge in [0.15, 0.2) is 0 Å². The molecule has 0 aliphatic heterocycles. The molecule has 3 atom stereocenters. The smallest absolute Gasteiger partial charge is 0.0388 e. The Balaban J connectivity index is 2.42. The molecule has 0 nitrogen and oxygen atoms in total. The Labute approximate surface area is 135 Å². The van der Waals surface area contributed by atoms with E-state index in [2.05, 4.69) is 20.8 Å². The Morgan fingerprint density at radius 3 is 1.90 bits per heavy atom. The molecule has 0 heteroatoms. The van der Waals surface area contributed by atoms with Crippen molar-refractivity contribution in [2.75, 3.05) is 0 Å². The van der Waals surface area contributed by atoms with Gasteiger partial charge in [0.2, 0.25) is 0 Å². The third kappa shape index (κ3) is 9.59. The average Bonchev–Trinajstić information content (AvgIpc) is 2.48. The number of hydrogen-bond acceptors (Lipinski definition) is 0. The minimum absolute atomic E-state index is 0.969. The molecule has 0 heterocycles. The third-order valence-electron chi connectivity index (χ3n) is 5.86. The van der Waals surface area contributed by atoms with E-state index in [1.165, 1.54) is 96.3 Å². The van der Waals surface area contributed by atoms with Gasteiger partial charge >= 0.3 is 0 Å². The van der Waals surface area contributed by atoms with Gasteiger partial charge in [-0.3, -0.25) is 0 Å². The summed E-state index contributed by atoms with van der Waals surface area (Å²) in [6.07, 6.45) is 22.2. The third-order valence-corrected chi connectivity index (χ3v) is 5.86. The van der Waals surface area contributed by atoms with E-state index in [1.54, 1.807) is 0 Å². The maximum atomic E-state index is 2.54. The van der Waals surface area contributed by atoms with Crippen molar-refractivity contribution < 1.29 is 0 Å². The molecule has 1 saturated carbocycles. The van der Waals surface area contributed by atoms with Crippen LogP contribution in [0.3, 0.4) is 0 Å². The topological polar surface area (TPSA) is 0 Å². The quantitative estimate of drug-likeness (QED) is 0.499. The largest absolute Gasteiger partial charge is 0.0654 e. The van der Waals surface area contributed by atoms with E-state index in [0.29, 0.717) is 0 Å². The first kappa shape index (κ1) is 19.0. The fourth-order valence-electron chi connectivity index (χ4n) is 4.13. The molecule has 0 radical (unpaired) electrons. The van der Waals surface area contributed by atoms with E-state index >= 15 is 0 Å². The minimum Gasteiger partial charge on any atom is -0.0654 e. The van der Waals surface area contributed by atoms with Crippen LogP contribution in [0.25, 0.3) is 0 Å². The predicted molar refractivity (Wildman–Crippen MR) is 96.7 cm³/mol. The lowest BCUT2D eigenvalue weighted by Crippen LogP contribution is -2.13. The Bertz CT molecular complexity index is 220. The maximum Gasteiger partial charge on any atom is -0.0388 e. The van der Waals surface area contributed by atoms with Gasteiger partial charge in [-0.25, -0.2) is 0 Å². The summed E-state index contributed by atoms with van der Waals surface area (Å²) in [6, 6.07) is 0. The number of hydrogen-bond donors (Lipinski definition) is 0. The van der Waals surface area contributed by atoms with Crippen molar-refractivity contribution in [2.24, 2.45) is 17.8 Å². The van der Waals surface area contributed by atoms with E-state index < -0.39 is 0 Å². The average molecular weight is 295 g/mol. The van der Waals surface area contributed by atoms with Crippen LogP contribution in [0.5, 0.6) is 0 Å². The monoisotopic (exact) mass is 294 g/mol. The van der Waals surface area contributed by atoms with Crippen LogP contribution in [0, 0.1) is 17.8 Å². The van der Waals surface area contributed by atoms with E-state index in [9.17, 15) is 0 Å². The van der Waals surface area contributed by atoms with Crippen LogP contribution in [-0.4, -0.2) is 0 Å². The second-order valence-corrected chi connectivity index (χ2v) is 7.97. The van der Waals surface area contributed by atoms with Gasteiger partial charge < -0.3 is 0 Å². The zero-order valence-corrected chi connectivity index (χ0v) is 15.3. The van der Waals surface area contributed by atoms with Gasteiger partial charge in [-0.2, -0.15) is 0 Å². The molecular weight excluding hydrogens is 252 g/mol. The summed E-state index contributed by atoms with van der Waals surface area (Å²) < 4.78 is 0. The molecule has 1 rings (SSSR count). The maximum absolute atomic E-state index is 2.54. The molecule has 0 amide bonds. The standard InChI is InChI=1S/C21H42/c1-4-5-17-21-18-13-15-19(2)14-11-9-7-6-8-10-12-16-20(21)3/h19-21H,4-18H2,1-3H3. The Morgan fingerprint density at radius 2 is 1.24 bits per heavy atom. The highest BCUT2D eigenvalue weighted by molar-refractivity contribution is 4.69. The minimum atomic E-state index is 0.969. The van der Waals surface area contributed by atoms with E-state index in [4.69, 9.17) is 0 Å². The summed E-state index contributed by atoms with van der Waals surface area (Å²) in [5.41, 5.74) is 0. The van der Waals surface area contributed by atoms with Gasteiger partial charge in [0.25, 0.3) is 0 Å². The first-order valence-electron chi connectivity index (χ1n) is 10.2. The normalized spacial score (nSPS) is 31.3. The number of rotatable bonds is 3. The van der Waals surface area contributed by atoms with Crippen molar-refractivity contribution in [3.05, 3.63) is 0 Å². The summed E-state index contributed by atoms with van der Waals surface area (Å²) in [5, 5.41) is 0. The Hall–Kier alpha value is 0. The number of unbranched alkanes of at least 4 members (excludes halogenated alkanes) is 1. The van der Waals surface area contributed by atoms with Crippen molar-refractivity contribution >= 4 is 0 Å². The molecule has 1 fully saturated rings. The van der Waals surface area contributed by atoms with Crippen molar-refractivity contribution in [3.8, 4) is 0 Å². The summed E-state index contributed by atoms with van der Waals surface area (Å²) in [5.74, 6) is 2.96. The van der Waals surface area contributed by atoms with Crippen LogP contribution in [0.15, 0.2) is 0 Å². The van der Waals surface area contributed by atoms with E-state index in [-0.39, 0.29) is 0 Å². The van der Waals surface area contributed by atoms with Crippen LogP contribution in [0.1, 0.15) is 117 Å². The van der Waals surface area contributed by atoms with Crippen LogP contribution in [0.4, 0.5) is 0 Å². The van der Waals surface area contributed by atoms with Crippen LogP contribution in [-0.2, 0) is 0 Å². The van der Waals surface area contributed by atoms with Gasteiger partial charge in [0, 0.05) is 0 Å². The lowest BCUT2D eigenvalue weighted by Gasteiger charge is -2.24. The van der Waals surface area contributed by atoms with E-state index in [1.807, 2.05) is 0 Å². The molecule has 0 aromatic carbocycles. The second-order valence-electron chi connectivity index (χ2n) is 7.97. The van der Waals surface area contributed by atoms with Gasteiger partial charge in [-0.15, -0.1) is 0 Å². The first-order chi connectivity index (χ1) is 10.2. The van der Waals surface area contributed by atoms with Crippen molar-refractivity contribution in [1.29, 1.82) is 0 Å². The molecule has 1 aliphatic carbocycles. The second kappa shape index (κ2) is 12.5. The molecule has 0 aromatic heterocycles. The van der Waals surface area contributed by atoms with Crippen molar-refractivity contribution in [3.63, 3.8) is 0 Å². The molecule has 1 aliphatic rings. The van der Waals surface area contributed by atoms with Crippen LogP contribution < -0.4 is 0 Å². The van der Waals surface area contributed by atoms with Gasteiger partial charge in [-0.05, 0) is 17.8 Å². The zero-order valence-electron chi connectivity index (χ0n) is 15.3. The lowest BCUT2D eigenvalue weighted by molar-refractivity contribution is 0.271. The highest BCUT2D eigenvalue weighted by Gasteiger charge is 2.17. The fraction of sp³-hybridized carbons (Fsp3) is 1.00. The van der Waals surface area contributed by atoms with Crippen molar-refractivity contribution in [2.45, 2.75) is 117 Å². The molecular formula is C21H42. The fourth-order valence-corrected chi connectivity index (χ4v) is 4.13. The molecule has 0 aromatic rings.